The zero-order valence-electron chi connectivity index (χ0n) is 10.8. The summed E-state index contributed by atoms with van der Waals surface area (Å²) in [6.07, 6.45) is 0. The van der Waals surface area contributed by atoms with Crippen molar-refractivity contribution in [2.45, 2.75) is 23.2 Å². The molecule has 3 nitrogen and oxygen atoms in total. The third kappa shape index (κ3) is 4.08. The largest absolute Gasteiger partial charge is 0.326 e. The van der Waals surface area contributed by atoms with Crippen molar-refractivity contribution >= 4 is 58.4 Å². The van der Waals surface area contributed by atoms with Gasteiger partial charge in [-0.15, -0.1) is 0 Å². The van der Waals surface area contributed by atoms with Crippen LogP contribution in [0.25, 0.3) is 0 Å². The van der Waals surface area contributed by atoms with Gasteiger partial charge in [-0.3, -0.25) is 4.52 Å². The number of alkyl halides is 3. The third-order valence-electron chi connectivity index (χ3n) is 2.43. The molecular weight excluding hydrogens is 360 g/mol. The molecule has 110 valence electrons. The van der Waals surface area contributed by atoms with Crippen LogP contribution in [0.1, 0.15) is 13.8 Å². The average Bonchev–Trinajstić information content (AvgIpc) is 2.38. The van der Waals surface area contributed by atoms with Crippen molar-refractivity contribution in [1.29, 1.82) is 5.26 Å². The topological polar surface area (TPSA) is 42.2 Å². The number of rotatable bonds is 5. The summed E-state index contributed by atoms with van der Waals surface area (Å²) in [4.78, 5) is 0. The second-order valence-corrected chi connectivity index (χ2v) is 9.66. The normalized spacial score (nSPS) is 17.8. The maximum absolute atomic E-state index is 9.29. The van der Waals surface area contributed by atoms with Crippen molar-refractivity contribution in [3.63, 3.8) is 0 Å². The number of hydrogen-bond acceptors (Lipinski definition) is 4. The number of benzene rings is 1. The molecule has 0 N–H and O–H groups in total. The number of nitriles is 1. The highest BCUT2D eigenvalue weighted by Crippen LogP contribution is 2.55. The summed E-state index contributed by atoms with van der Waals surface area (Å²) in [5.74, 6) is 0. The summed E-state index contributed by atoms with van der Waals surface area (Å²) in [5, 5.41) is 9.95. The standard InChI is InChI=1S/C12H13Cl3NO2PS/c1-3-17-19(20,10-7-5-4-6-8-10)18-11(2,9-16)12(13,14)15/h4-8H,3H2,1-2H3. The van der Waals surface area contributed by atoms with Crippen LogP contribution in [0.15, 0.2) is 30.3 Å². The molecule has 0 bridgehead atoms. The van der Waals surface area contributed by atoms with E-state index in [-0.39, 0.29) is 0 Å². The first-order valence-corrected chi connectivity index (χ1v) is 9.44. The molecule has 0 saturated carbocycles. The average molecular weight is 373 g/mol. The van der Waals surface area contributed by atoms with E-state index in [0.29, 0.717) is 11.9 Å². The molecule has 0 radical (unpaired) electrons. The van der Waals surface area contributed by atoms with Gasteiger partial charge in [0.1, 0.15) is 6.07 Å². The lowest BCUT2D eigenvalue weighted by Crippen LogP contribution is -2.41. The molecule has 1 aromatic rings. The van der Waals surface area contributed by atoms with Crippen molar-refractivity contribution in [3.05, 3.63) is 30.3 Å². The summed E-state index contributed by atoms with van der Waals surface area (Å²) in [7, 11) is 0. The SMILES string of the molecule is CCOP(=S)(OC(C)(C#N)C(Cl)(Cl)Cl)c1ccccc1. The fourth-order valence-corrected chi connectivity index (χ4v) is 4.69. The first-order chi connectivity index (χ1) is 9.18. The van der Waals surface area contributed by atoms with Crippen LogP contribution in [0.3, 0.4) is 0 Å². The van der Waals surface area contributed by atoms with Crippen molar-refractivity contribution < 1.29 is 9.05 Å². The van der Waals surface area contributed by atoms with Crippen LogP contribution in [0.2, 0.25) is 0 Å². The second-order valence-electron chi connectivity index (χ2n) is 3.98. The molecular formula is C12H13Cl3NO2PS. The van der Waals surface area contributed by atoms with Gasteiger partial charge in [0.2, 0.25) is 15.9 Å². The molecule has 20 heavy (non-hydrogen) atoms. The van der Waals surface area contributed by atoms with Crippen LogP contribution in [0.4, 0.5) is 0 Å². The minimum Gasteiger partial charge on any atom is -0.326 e. The maximum Gasteiger partial charge on any atom is 0.232 e. The Morgan fingerprint density at radius 3 is 2.25 bits per heavy atom. The van der Waals surface area contributed by atoms with Gasteiger partial charge in [0, 0.05) is 5.30 Å². The van der Waals surface area contributed by atoms with Gasteiger partial charge in [0.05, 0.1) is 6.61 Å². The van der Waals surface area contributed by atoms with E-state index in [9.17, 15) is 5.26 Å². The lowest BCUT2D eigenvalue weighted by Gasteiger charge is -2.34. The van der Waals surface area contributed by atoms with Crippen molar-refractivity contribution in [2.75, 3.05) is 6.61 Å². The Kier molecular flexibility index (Phi) is 6.32. The monoisotopic (exact) mass is 371 g/mol. The van der Waals surface area contributed by atoms with Crippen LogP contribution >= 0.6 is 41.3 Å². The van der Waals surface area contributed by atoms with Gasteiger partial charge in [-0.25, -0.2) is 0 Å². The van der Waals surface area contributed by atoms with Crippen molar-refractivity contribution in [3.8, 4) is 6.07 Å². The first kappa shape index (κ1) is 18.2. The van der Waals surface area contributed by atoms with Crippen LogP contribution < -0.4 is 5.30 Å². The van der Waals surface area contributed by atoms with Gasteiger partial charge in [0.15, 0.2) is 0 Å². The van der Waals surface area contributed by atoms with E-state index in [0.717, 1.165) is 0 Å². The molecule has 0 amide bonds. The maximum atomic E-state index is 9.29. The lowest BCUT2D eigenvalue weighted by atomic mass is 10.2. The van der Waals surface area contributed by atoms with Gasteiger partial charge >= 0.3 is 0 Å². The Morgan fingerprint density at radius 2 is 1.85 bits per heavy atom. The fourth-order valence-electron chi connectivity index (χ4n) is 1.31. The summed E-state index contributed by atoms with van der Waals surface area (Å²) in [6, 6.07) is 10.9. The summed E-state index contributed by atoms with van der Waals surface area (Å²) in [6.45, 7) is 0.540. The van der Waals surface area contributed by atoms with Gasteiger partial charge in [-0.1, -0.05) is 53.0 Å². The van der Waals surface area contributed by atoms with E-state index >= 15 is 0 Å². The number of halogens is 3. The van der Waals surface area contributed by atoms with Gasteiger partial charge < -0.3 is 4.52 Å². The molecule has 8 heteroatoms. The van der Waals surface area contributed by atoms with Crippen molar-refractivity contribution in [2.24, 2.45) is 0 Å². The Labute approximate surface area is 138 Å². The summed E-state index contributed by atoms with van der Waals surface area (Å²) < 4.78 is 9.35. The van der Waals surface area contributed by atoms with Crippen molar-refractivity contribution in [1.82, 2.24) is 0 Å². The molecule has 0 aliphatic heterocycles. The van der Waals surface area contributed by atoms with E-state index in [1.54, 1.807) is 31.2 Å². The third-order valence-corrected chi connectivity index (χ3v) is 6.82. The van der Waals surface area contributed by atoms with E-state index in [2.05, 4.69) is 0 Å². The minimum atomic E-state index is -2.95. The van der Waals surface area contributed by atoms with E-state index in [1.807, 2.05) is 12.1 Å². The Hall–Kier alpha value is 0.150. The highest BCUT2D eigenvalue weighted by atomic mass is 35.6. The predicted octanol–water partition coefficient (Wildman–Crippen LogP) is 4.33. The van der Waals surface area contributed by atoms with E-state index in [4.69, 9.17) is 55.7 Å². The highest BCUT2D eigenvalue weighted by Gasteiger charge is 2.50. The Bertz CT molecular complexity index is 544. The van der Waals surface area contributed by atoms with E-state index < -0.39 is 15.9 Å². The van der Waals surface area contributed by atoms with Crippen LogP contribution in [-0.2, 0) is 20.9 Å². The molecule has 0 spiro atoms. The number of hydrogen-bond donors (Lipinski definition) is 0. The molecule has 1 aromatic carbocycles. The number of nitrogens with zero attached hydrogens (tertiary/aromatic N) is 1. The zero-order valence-corrected chi connectivity index (χ0v) is 14.8. The van der Waals surface area contributed by atoms with Gasteiger partial charge in [-0.2, -0.15) is 5.26 Å². The molecule has 2 atom stereocenters. The molecule has 0 aromatic heterocycles. The molecule has 0 heterocycles. The quantitative estimate of drug-likeness (QED) is 0.570. The predicted molar refractivity (Wildman–Crippen MR) is 87.4 cm³/mol. The molecule has 2 unspecified atom stereocenters. The van der Waals surface area contributed by atoms with Crippen LogP contribution in [-0.4, -0.2) is 16.0 Å². The Morgan fingerprint density at radius 1 is 1.30 bits per heavy atom. The summed E-state index contributed by atoms with van der Waals surface area (Å²) >= 11 is 23.0. The van der Waals surface area contributed by atoms with Gasteiger partial charge in [-0.05, 0) is 37.8 Å². The first-order valence-electron chi connectivity index (χ1n) is 5.67. The van der Waals surface area contributed by atoms with E-state index in [1.165, 1.54) is 6.92 Å². The van der Waals surface area contributed by atoms with Crippen LogP contribution in [0.5, 0.6) is 0 Å². The van der Waals surface area contributed by atoms with Gasteiger partial charge in [0.25, 0.3) is 0 Å². The minimum absolute atomic E-state index is 0.327. The van der Waals surface area contributed by atoms with Crippen LogP contribution in [0, 0.1) is 11.3 Å². The smallest absolute Gasteiger partial charge is 0.232 e. The molecule has 0 fully saturated rings. The molecule has 0 saturated heterocycles. The molecule has 0 aliphatic carbocycles. The zero-order chi connectivity index (χ0) is 15.4. The second kappa shape index (κ2) is 6.94. The lowest BCUT2D eigenvalue weighted by molar-refractivity contribution is 0.143. The fraction of sp³-hybridized carbons (Fsp3) is 0.417. The highest BCUT2D eigenvalue weighted by molar-refractivity contribution is 8.13. The summed E-state index contributed by atoms with van der Waals surface area (Å²) in [5.41, 5.74) is -1.71. The molecule has 1 rings (SSSR count). The molecule has 0 aliphatic rings. The Balaban J connectivity index is 3.24.